The molecule has 0 saturated carbocycles. The summed E-state index contributed by atoms with van der Waals surface area (Å²) >= 11 is 1.67. The molecular formula is C11H8F2INO3. The molecule has 0 atom stereocenters. The van der Waals surface area contributed by atoms with Crippen LogP contribution in [0, 0.1) is 14.9 Å². The number of halogens is 3. The average molecular weight is 367 g/mol. The number of ether oxygens (including phenoxy) is 2. The lowest BCUT2D eigenvalue weighted by Gasteiger charge is -2.11. The van der Waals surface area contributed by atoms with Crippen molar-refractivity contribution in [3.63, 3.8) is 0 Å². The number of alkyl halides is 2. The summed E-state index contributed by atoms with van der Waals surface area (Å²) in [5.41, 5.74) is 0.0276. The van der Waals surface area contributed by atoms with Gasteiger partial charge in [0, 0.05) is 0 Å². The van der Waals surface area contributed by atoms with E-state index in [-0.39, 0.29) is 27.1 Å². The first kappa shape index (κ1) is 14.6. The highest BCUT2D eigenvalue weighted by atomic mass is 127. The van der Waals surface area contributed by atoms with Gasteiger partial charge in [0.25, 0.3) is 0 Å². The summed E-state index contributed by atoms with van der Waals surface area (Å²) in [6.45, 7) is -1.27. The van der Waals surface area contributed by atoms with Gasteiger partial charge in [-0.2, -0.15) is 14.0 Å². The molecule has 0 saturated heterocycles. The highest BCUT2D eigenvalue weighted by Crippen LogP contribution is 2.30. The van der Waals surface area contributed by atoms with Crippen LogP contribution in [0.5, 0.6) is 5.75 Å². The highest BCUT2D eigenvalue weighted by Gasteiger charge is 2.20. The maximum atomic E-state index is 12.2. The van der Waals surface area contributed by atoms with Crippen LogP contribution < -0.4 is 4.74 Å². The number of rotatable bonds is 4. The number of carbonyl (C=O) groups excluding carboxylic acids is 1. The minimum atomic E-state index is -3.07. The van der Waals surface area contributed by atoms with E-state index in [9.17, 15) is 13.6 Å². The second-order valence-electron chi connectivity index (χ2n) is 3.01. The van der Waals surface area contributed by atoms with Crippen molar-refractivity contribution in [1.29, 1.82) is 5.26 Å². The number of nitriles is 1. The standard InChI is InChI=1S/C11H8F2INO3/c1-2-17-10(16)7-4-3-6(5-15)9(8(7)14)18-11(12)13/h3-4,11H,2H2,1H3. The zero-order valence-electron chi connectivity index (χ0n) is 9.25. The SMILES string of the molecule is CCOC(=O)c1ccc(C#N)c(OC(F)F)c1I. The molecule has 0 aliphatic carbocycles. The van der Waals surface area contributed by atoms with E-state index >= 15 is 0 Å². The van der Waals surface area contributed by atoms with Crippen LogP contribution in [0.1, 0.15) is 22.8 Å². The Labute approximate surface area is 116 Å². The molecule has 0 fully saturated rings. The van der Waals surface area contributed by atoms with Gasteiger partial charge in [-0.15, -0.1) is 0 Å². The molecule has 0 unspecified atom stereocenters. The Kier molecular flexibility index (Phi) is 5.27. The third kappa shape index (κ3) is 3.29. The molecule has 0 aliphatic heterocycles. The molecule has 0 aliphatic rings. The molecule has 1 aromatic rings. The lowest BCUT2D eigenvalue weighted by Crippen LogP contribution is -2.11. The molecule has 0 aromatic heterocycles. The van der Waals surface area contributed by atoms with Crippen molar-refractivity contribution in [2.75, 3.05) is 6.61 Å². The van der Waals surface area contributed by atoms with E-state index < -0.39 is 12.6 Å². The Bertz CT molecular complexity index is 500. The van der Waals surface area contributed by atoms with E-state index in [4.69, 9.17) is 10.00 Å². The van der Waals surface area contributed by atoms with E-state index in [1.165, 1.54) is 12.1 Å². The summed E-state index contributed by atoms with van der Waals surface area (Å²) in [7, 11) is 0. The van der Waals surface area contributed by atoms with Crippen LogP contribution in [-0.4, -0.2) is 19.2 Å². The molecule has 1 aromatic carbocycles. The first-order valence-electron chi connectivity index (χ1n) is 4.85. The number of hydrogen-bond acceptors (Lipinski definition) is 4. The molecule has 96 valence electrons. The highest BCUT2D eigenvalue weighted by molar-refractivity contribution is 14.1. The Hall–Kier alpha value is -1.43. The van der Waals surface area contributed by atoms with Gasteiger partial charge in [0.05, 0.1) is 21.3 Å². The number of esters is 1. The summed E-state index contributed by atoms with van der Waals surface area (Å²) in [6.07, 6.45) is 0. The summed E-state index contributed by atoms with van der Waals surface area (Å²) in [4.78, 5) is 11.6. The van der Waals surface area contributed by atoms with Gasteiger partial charge in [-0.05, 0) is 41.6 Å². The minimum absolute atomic E-state index is 0.0623. The molecular weight excluding hydrogens is 359 g/mol. The van der Waals surface area contributed by atoms with Crippen molar-refractivity contribution >= 4 is 28.6 Å². The Balaban J connectivity index is 3.25. The molecule has 0 radical (unpaired) electrons. The first-order chi connectivity index (χ1) is 8.51. The van der Waals surface area contributed by atoms with Gasteiger partial charge in [-0.1, -0.05) is 0 Å². The van der Waals surface area contributed by atoms with Crippen molar-refractivity contribution in [3.05, 3.63) is 26.8 Å². The summed E-state index contributed by atoms with van der Waals surface area (Å²) in [5.74, 6) is -0.954. The number of carbonyl (C=O) groups is 1. The Morgan fingerprint density at radius 3 is 2.72 bits per heavy atom. The molecule has 0 heterocycles. The predicted molar refractivity (Wildman–Crippen MR) is 66.5 cm³/mol. The number of nitrogens with zero attached hydrogens (tertiary/aromatic N) is 1. The topological polar surface area (TPSA) is 59.3 Å². The fourth-order valence-corrected chi connectivity index (χ4v) is 2.03. The lowest BCUT2D eigenvalue weighted by molar-refractivity contribution is -0.0507. The maximum absolute atomic E-state index is 12.2. The Morgan fingerprint density at radius 2 is 2.22 bits per heavy atom. The van der Waals surface area contributed by atoms with E-state index in [1.54, 1.807) is 35.6 Å². The third-order valence-electron chi connectivity index (χ3n) is 1.92. The van der Waals surface area contributed by atoms with Crippen LogP contribution in [0.2, 0.25) is 0 Å². The molecule has 0 amide bonds. The van der Waals surface area contributed by atoms with Crippen molar-refractivity contribution in [3.8, 4) is 11.8 Å². The van der Waals surface area contributed by atoms with Crippen molar-refractivity contribution in [2.24, 2.45) is 0 Å². The molecule has 18 heavy (non-hydrogen) atoms. The first-order valence-corrected chi connectivity index (χ1v) is 5.93. The molecule has 0 bridgehead atoms. The second kappa shape index (κ2) is 6.49. The van der Waals surface area contributed by atoms with Gasteiger partial charge in [-0.3, -0.25) is 0 Å². The lowest BCUT2D eigenvalue weighted by atomic mass is 10.1. The van der Waals surface area contributed by atoms with Crippen molar-refractivity contribution in [2.45, 2.75) is 13.5 Å². The van der Waals surface area contributed by atoms with Crippen LogP contribution in [0.3, 0.4) is 0 Å². The molecule has 7 heteroatoms. The van der Waals surface area contributed by atoms with Crippen LogP contribution in [0.4, 0.5) is 8.78 Å². The fraction of sp³-hybridized carbons (Fsp3) is 0.273. The summed E-state index contributed by atoms with van der Waals surface area (Å²) < 4.78 is 33.7. The maximum Gasteiger partial charge on any atom is 0.387 e. The van der Waals surface area contributed by atoms with Gasteiger partial charge < -0.3 is 9.47 Å². The molecule has 4 nitrogen and oxygen atoms in total. The third-order valence-corrected chi connectivity index (χ3v) is 2.99. The van der Waals surface area contributed by atoms with Gasteiger partial charge in [-0.25, -0.2) is 4.79 Å². The van der Waals surface area contributed by atoms with Crippen LogP contribution in [0.15, 0.2) is 12.1 Å². The average Bonchev–Trinajstić information content (AvgIpc) is 2.31. The quantitative estimate of drug-likeness (QED) is 0.607. The second-order valence-corrected chi connectivity index (χ2v) is 4.09. The van der Waals surface area contributed by atoms with E-state index in [0.717, 1.165) is 0 Å². The van der Waals surface area contributed by atoms with E-state index in [1.807, 2.05) is 0 Å². The van der Waals surface area contributed by atoms with Crippen LogP contribution in [0.25, 0.3) is 0 Å². The molecule has 1 rings (SSSR count). The van der Waals surface area contributed by atoms with Gasteiger partial charge in [0.2, 0.25) is 0 Å². The molecule has 0 spiro atoms. The van der Waals surface area contributed by atoms with Gasteiger partial charge in [0.1, 0.15) is 6.07 Å². The summed E-state index contributed by atoms with van der Waals surface area (Å²) in [6, 6.07) is 4.31. The zero-order valence-corrected chi connectivity index (χ0v) is 11.4. The van der Waals surface area contributed by atoms with Gasteiger partial charge in [0.15, 0.2) is 5.75 Å². The van der Waals surface area contributed by atoms with E-state index in [2.05, 4.69) is 4.74 Å². The van der Waals surface area contributed by atoms with Crippen LogP contribution in [-0.2, 0) is 4.74 Å². The smallest absolute Gasteiger partial charge is 0.387 e. The van der Waals surface area contributed by atoms with Crippen molar-refractivity contribution in [1.82, 2.24) is 0 Å². The van der Waals surface area contributed by atoms with E-state index in [0.29, 0.717) is 0 Å². The minimum Gasteiger partial charge on any atom is -0.462 e. The largest absolute Gasteiger partial charge is 0.462 e. The monoisotopic (exact) mass is 367 g/mol. The number of benzene rings is 1. The van der Waals surface area contributed by atoms with Gasteiger partial charge >= 0.3 is 12.6 Å². The Morgan fingerprint density at radius 1 is 1.56 bits per heavy atom. The summed E-state index contributed by atoms with van der Waals surface area (Å²) in [5, 5.41) is 8.79. The van der Waals surface area contributed by atoms with Crippen molar-refractivity contribution < 1.29 is 23.0 Å². The predicted octanol–water partition coefficient (Wildman–Crippen LogP) is 2.94. The fourth-order valence-electron chi connectivity index (χ4n) is 1.21. The zero-order chi connectivity index (χ0) is 13.7. The number of hydrogen-bond donors (Lipinski definition) is 0. The molecule has 0 N–H and O–H groups in total. The normalized spacial score (nSPS) is 10.0. The van der Waals surface area contributed by atoms with Crippen LogP contribution >= 0.6 is 22.6 Å².